The van der Waals surface area contributed by atoms with Gasteiger partial charge in [-0.15, -0.1) is 0 Å². The molecule has 1 aromatic heterocycles. The van der Waals surface area contributed by atoms with Crippen LogP contribution in [0.2, 0.25) is 0 Å². The molecule has 1 saturated heterocycles. The molecule has 1 aliphatic heterocycles. The van der Waals surface area contributed by atoms with E-state index in [-0.39, 0.29) is 16.7 Å². The molecule has 2 aromatic rings. The topological polar surface area (TPSA) is 112 Å². The van der Waals surface area contributed by atoms with Gasteiger partial charge in [0.15, 0.2) is 0 Å². The minimum Gasteiger partial charge on any atom is -0.366 e. The number of nitrogens with one attached hydrogen (secondary N) is 2. The molecule has 1 aliphatic rings. The molecule has 3 rings (SSSR count). The monoisotopic (exact) mass is 481 g/mol. The molecule has 2 heterocycles. The van der Waals surface area contributed by atoms with Crippen LogP contribution in [0.25, 0.3) is 0 Å². The molecule has 9 nitrogen and oxygen atoms in total. The van der Waals surface area contributed by atoms with E-state index in [0.717, 1.165) is 5.56 Å². The van der Waals surface area contributed by atoms with E-state index in [1.807, 2.05) is 19.2 Å². The molecule has 0 amide bonds. The van der Waals surface area contributed by atoms with Gasteiger partial charge in [0.25, 0.3) is 0 Å². The Bertz CT molecular complexity index is 1110. The Labute approximate surface area is 190 Å². The molecule has 11 heteroatoms. The number of anilines is 1. The number of benzene rings is 1. The smallest absolute Gasteiger partial charge is 0.244 e. The lowest BCUT2D eigenvalue weighted by Gasteiger charge is -2.31. The maximum atomic E-state index is 12.8. The van der Waals surface area contributed by atoms with Crippen LogP contribution < -0.4 is 10.0 Å². The third-order valence-corrected chi connectivity index (χ3v) is 8.58. The summed E-state index contributed by atoms with van der Waals surface area (Å²) in [5.41, 5.74) is 1.53. The summed E-state index contributed by atoms with van der Waals surface area (Å²) in [5, 5.41) is 3.15. The van der Waals surface area contributed by atoms with Crippen molar-refractivity contribution in [1.82, 2.24) is 18.9 Å². The zero-order valence-corrected chi connectivity index (χ0v) is 20.3. The largest absolute Gasteiger partial charge is 0.366 e. The summed E-state index contributed by atoms with van der Waals surface area (Å²) >= 11 is 0. The number of piperazine rings is 1. The lowest BCUT2D eigenvalue weighted by atomic mass is 10.1. The van der Waals surface area contributed by atoms with Gasteiger partial charge in [-0.25, -0.2) is 26.5 Å². The van der Waals surface area contributed by atoms with Gasteiger partial charge in [-0.05, 0) is 44.2 Å². The SMILES string of the molecule is CC(C)NS(=O)(=O)Cc1ccccc1CNc1ccc(S(=O)(=O)N2CCN(C)CC2)cn1. The van der Waals surface area contributed by atoms with Gasteiger partial charge >= 0.3 is 0 Å². The van der Waals surface area contributed by atoms with Crippen molar-refractivity contribution >= 4 is 25.9 Å². The van der Waals surface area contributed by atoms with Crippen molar-refractivity contribution in [3.05, 3.63) is 53.7 Å². The van der Waals surface area contributed by atoms with Crippen LogP contribution in [0.4, 0.5) is 5.82 Å². The fourth-order valence-electron chi connectivity index (χ4n) is 3.48. The predicted molar refractivity (Wildman–Crippen MR) is 125 cm³/mol. The minimum atomic E-state index is -3.56. The van der Waals surface area contributed by atoms with E-state index in [9.17, 15) is 16.8 Å². The zero-order valence-electron chi connectivity index (χ0n) is 18.7. The average Bonchev–Trinajstić information content (AvgIpc) is 2.72. The Morgan fingerprint density at radius 2 is 1.62 bits per heavy atom. The summed E-state index contributed by atoms with van der Waals surface area (Å²) in [5.74, 6) is 0.402. The van der Waals surface area contributed by atoms with Crippen molar-refractivity contribution in [3.63, 3.8) is 0 Å². The molecule has 176 valence electrons. The Morgan fingerprint density at radius 1 is 0.969 bits per heavy atom. The highest BCUT2D eigenvalue weighted by atomic mass is 32.2. The first kappa shape index (κ1) is 24.6. The van der Waals surface area contributed by atoms with Crippen molar-refractivity contribution in [2.75, 3.05) is 38.5 Å². The number of likely N-dealkylation sites (N-methyl/N-ethyl adjacent to an activating group) is 1. The number of sulfonamides is 2. The van der Waals surface area contributed by atoms with Gasteiger partial charge in [-0.3, -0.25) is 0 Å². The Morgan fingerprint density at radius 3 is 2.22 bits per heavy atom. The first-order valence-electron chi connectivity index (χ1n) is 10.5. The lowest BCUT2D eigenvalue weighted by Crippen LogP contribution is -2.47. The summed E-state index contributed by atoms with van der Waals surface area (Å²) in [6.45, 7) is 6.26. The van der Waals surface area contributed by atoms with E-state index in [4.69, 9.17) is 0 Å². The van der Waals surface area contributed by atoms with Gasteiger partial charge < -0.3 is 10.2 Å². The molecule has 0 unspecified atom stereocenters. The van der Waals surface area contributed by atoms with Crippen molar-refractivity contribution in [2.45, 2.75) is 37.1 Å². The second-order valence-corrected chi connectivity index (χ2v) is 11.9. The number of hydrogen-bond donors (Lipinski definition) is 2. The summed E-state index contributed by atoms with van der Waals surface area (Å²) in [6, 6.07) is 10.3. The lowest BCUT2D eigenvalue weighted by molar-refractivity contribution is 0.222. The van der Waals surface area contributed by atoms with Crippen LogP contribution in [-0.4, -0.2) is 70.3 Å². The van der Waals surface area contributed by atoms with Crippen LogP contribution in [0.15, 0.2) is 47.5 Å². The molecule has 0 saturated carbocycles. The fraction of sp³-hybridized carbons (Fsp3) is 0.476. The molecule has 0 bridgehead atoms. The highest BCUT2D eigenvalue weighted by Gasteiger charge is 2.27. The fourth-order valence-corrected chi connectivity index (χ4v) is 6.34. The first-order chi connectivity index (χ1) is 15.1. The van der Waals surface area contributed by atoms with Gasteiger partial charge in [0.1, 0.15) is 10.7 Å². The van der Waals surface area contributed by atoms with Crippen LogP contribution >= 0.6 is 0 Å². The molecule has 0 radical (unpaired) electrons. The molecule has 2 N–H and O–H groups in total. The number of nitrogens with zero attached hydrogens (tertiary/aromatic N) is 3. The van der Waals surface area contributed by atoms with Crippen molar-refractivity contribution in [3.8, 4) is 0 Å². The third-order valence-electron chi connectivity index (χ3n) is 5.18. The Balaban J connectivity index is 1.66. The van der Waals surface area contributed by atoms with E-state index in [0.29, 0.717) is 44.1 Å². The average molecular weight is 482 g/mol. The van der Waals surface area contributed by atoms with Gasteiger partial charge in [0.05, 0.1) is 5.75 Å². The number of pyridine rings is 1. The number of hydrogen-bond acceptors (Lipinski definition) is 7. The Hall–Kier alpha value is -2.05. The van der Waals surface area contributed by atoms with E-state index in [2.05, 4.69) is 19.9 Å². The highest BCUT2D eigenvalue weighted by molar-refractivity contribution is 7.89. The van der Waals surface area contributed by atoms with Crippen molar-refractivity contribution in [1.29, 1.82) is 0 Å². The molecule has 0 aliphatic carbocycles. The second-order valence-electron chi connectivity index (χ2n) is 8.24. The molecule has 0 atom stereocenters. The predicted octanol–water partition coefficient (Wildman–Crippen LogP) is 1.46. The molecule has 1 fully saturated rings. The van der Waals surface area contributed by atoms with Crippen LogP contribution in [0, 0.1) is 0 Å². The normalized spacial score (nSPS) is 16.4. The van der Waals surface area contributed by atoms with E-state index in [1.54, 1.807) is 38.1 Å². The second kappa shape index (κ2) is 10.3. The zero-order chi connectivity index (χ0) is 23.4. The quantitative estimate of drug-likeness (QED) is 0.558. The van der Waals surface area contributed by atoms with Crippen molar-refractivity contribution in [2.24, 2.45) is 0 Å². The van der Waals surface area contributed by atoms with Gasteiger partial charge in [-0.1, -0.05) is 24.3 Å². The van der Waals surface area contributed by atoms with Crippen LogP contribution in [-0.2, 0) is 32.3 Å². The highest BCUT2D eigenvalue weighted by Crippen LogP contribution is 2.19. The van der Waals surface area contributed by atoms with E-state index in [1.165, 1.54) is 10.5 Å². The van der Waals surface area contributed by atoms with E-state index >= 15 is 0 Å². The number of aromatic nitrogens is 1. The maximum absolute atomic E-state index is 12.8. The standard InChI is InChI=1S/C21H31N5O4S2/c1-17(2)24-31(27,28)16-19-7-5-4-6-18(19)14-22-21-9-8-20(15-23-21)32(29,30)26-12-10-25(3)11-13-26/h4-9,15,17,24H,10-14,16H2,1-3H3,(H,22,23). The van der Waals surface area contributed by atoms with Crippen LogP contribution in [0.5, 0.6) is 0 Å². The Kier molecular flexibility index (Phi) is 7.88. The molecule has 1 aromatic carbocycles. The number of rotatable bonds is 9. The molecule has 0 spiro atoms. The first-order valence-corrected chi connectivity index (χ1v) is 13.6. The van der Waals surface area contributed by atoms with Crippen LogP contribution in [0.1, 0.15) is 25.0 Å². The van der Waals surface area contributed by atoms with Gasteiger partial charge in [-0.2, -0.15) is 4.31 Å². The van der Waals surface area contributed by atoms with Crippen molar-refractivity contribution < 1.29 is 16.8 Å². The summed E-state index contributed by atoms with van der Waals surface area (Å²) < 4.78 is 54.3. The molecular formula is C21H31N5O4S2. The summed E-state index contributed by atoms with van der Waals surface area (Å²) in [7, 11) is -5.03. The molecule has 32 heavy (non-hydrogen) atoms. The van der Waals surface area contributed by atoms with Crippen LogP contribution in [0.3, 0.4) is 0 Å². The summed E-state index contributed by atoms with van der Waals surface area (Å²) in [4.78, 5) is 6.52. The summed E-state index contributed by atoms with van der Waals surface area (Å²) in [6.07, 6.45) is 1.36. The third kappa shape index (κ3) is 6.48. The minimum absolute atomic E-state index is 0.112. The maximum Gasteiger partial charge on any atom is 0.244 e. The van der Waals surface area contributed by atoms with Gasteiger partial charge in [0, 0.05) is 45.0 Å². The van der Waals surface area contributed by atoms with E-state index < -0.39 is 20.0 Å². The van der Waals surface area contributed by atoms with Gasteiger partial charge in [0.2, 0.25) is 20.0 Å². The molecular weight excluding hydrogens is 450 g/mol.